The average Bonchev–Trinajstić information content (AvgIpc) is 3.23. The van der Waals surface area contributed by atoms with Crippen LogP contribution in [0.5, 0.6) is 0 Å². The van der Waals surface area contributed by atoms with Gasteiger partial charge in [-0.25, -0.2) is 0 Å². The van der Waals surface area contributed by atoms with Gasteiger partial charge in [0.2, 0.25) is 0 Å². The number of piperidine rings is 1. The third kappa shape index (κ3) is 7.13. The van der Waals surface area contributed by atoms with Crippen molar-refractivity contribution >= 4 is 35.9 Å². The minimum Gasteiger partial charge on any atom is -0.466 e. The lowest BCUT2D eigenvalue weighted by molar-refractivity contribution is -0.149. The number of ether oxygens (including phenoxy) is 1. The summed E-state index contributed by atoms with van der Waals surface area (Å²) in [4.78, 5) is 21.1. The zero-order valence-corrected chi connectivity index (χ0v) is 20.1. The minimum absolute atomic E-state index is 0. The Bertz CT molecular complexity index is 651. The first kappa shape index (κ1) is 23.9. The third-order valence-corrected chi connectivity index (χ3v) is 5.70. The molecule has 2 aliphatic heterocycles. The van der Waals surface area contributed by atoms with Gasteiger partial charge < -0.3 is 15.0 Å². The molecule has 2 fully saturated rings. The van der Waals surface area contributed by atoms with E-state index in [1.54, 1.807) is 0 Å². The summed E-state index contributed by atoms with van der Waals surface area (Å²) in [6.45, 7) is 8.25. The van der Waals surface area contributed by atoms with Crippen molar-refractivity contribution in [3.8, 4) is 0 Å². The van der Waals surface area contributed by atoms with E-state index in [1.165, 1.54) is 37.1 Å². The molecule has 1 aromatic rings. The van der Waals surface area contributed by atoms with Crippen LogP contribution in [0.3, 0.4) is 0 Å². The van der Waals surface area contributed by atoms with Crippen LogP contribution in [0.2, 0.25) is 0 Å². The average molecular weight is 514 g/mol. The van der Waals surface area contributed by atoms with Crippen molar-refractivity contribution in [3.05, 3.63) is 35.4 Å². The summed E-state index contributed by atoms with van der Waals surface area (Å²) in [5.74, 6) is 0.875. The number of esters is 1. The Labute approximate surface area is 192 Å². The topological polar surface area (TPSA) is 57.2 Å². The molecule has 1 aromatic carbocycles. The second kappa shape index (κ2) is 12.4. The van der Waals surface area contributed by atoms with Crippen LogP contribution < -0.4 is 5.32 Å². The summed E-state index contributed by atoms with van der Waals surface area (Å²) in [6, 6.07) is 8.89. The molecule has 162 valence electrons. The molecule has 2 saturated heterocycles. The van der Waals surface area contributed by atoms with Crippen LogP contribution in [-0.4, -0.2) is 61.6 Å². The number of hydrogen-bond donors (Lipinski definition) is 1. The molecule has 3 rings (SSSR count). The van der Waals surface area contributed by atoms with Crippen LogP contribution in [0, 0.1) is 5.92 Å². The maximum absolute atomic E-state index is 11.9. The lowest BCUT2D eigenvalue weighted by Crippen LogP contribution is -2.46. The number of carbonyl (C=O) groups excluding carboxylic acids is 1. The van der Waals surface area contributed by atoms with Gasteiger partial charge >= 0.3 is 5.97 Å². The van der Waals surface area contributed by atoms with E-state index >= 15 is 0 Å². The molecule has 7 heteroatoms. The lowest BCUT2D eigenvalue weighted by Gasteiger charge is -2.33. The van der Waals surface area contributed by atoms with E-state index < -0.39 is 0 Å². The molecule has 0 unspecified atom stereocenters. The Morgan fingerprint density at radius 3 is 2.31 bits per heavy atom. The first-order valence-electron chi connectivity index (χ1n) is 10.6. The van der Waals surface area contributed by atoms with Gasteiger partial charge in [0.25, 0.3) is 0 Å². The van der Waals surface area contributed by atoms with Gasteiger partial charge in [-0.15, -0.1) is 24.0 Å². The Morgan fingerprint density at radius 1 is 1.10 bits per heavy atom. The number of nitrogens with one attached hydrogen (secondary N) is 1. The summed E-state index contributed by atoms with van der Waals surface area (Å²) >= 11 is 0. The molecule has 6 nitrogen and oxygen atoms in total. The van der Waals surface area contributed by atoms with Crippen molar-refractivity contribution in [3.63, 3.8) is 0 Å². The number of halogens is 1. The second-order valence-electron chi connectivity index (χ2n) is 7.71. The highest BCUT2D eigenvalue weighted by molar-refractivity contribution is 14.0. The van der Waals surface area contributed by atoms with Crippen molar-refractivity contribution in [1.82, 2.24) is 15.1 Å². The van der Waals surface area contributed by atoms with E-state index in [2.05, 4.69) is 44.4 Å². The molecular weight excluding hydrogens is 479 g/mol. The molecule has 29 heavy (non-hydrogen) atoms. The number of aliphatic imine (C=N–C) groups is 1. The molecule has 0 radical (unpaired) electrons. The van der Waals surface area contributed by atoms with Crippen LogP contribution in [0.1, 0.15) is 43.7 Å². The van der Waals surface area contributed by atoms with Gasteiger partial charge in [-0.2, -0.15) is 0 Å². The predicted octanol–water partition coefficient (Wildman–Crippen LogP) is 3.25. The van der Waals surface area contributed by atoms with Crippen LogP contribution in [-0.2, 0) is 22.6 Å². The first-order valence-corrected chi connectivity index (χ1v) is 10.6. The van der Waals surface area contributed by atoms with Crippen LogP contribution in [0.25, 0.3) is 0 Å². The Morgan fingerprint density at radius 2 is 1.72 bits per heavy atom. The summed E-state index contributed by atoms with van der Waals surface area (Å²) in [7, 11) is 1.82. The van der Waals surface area contributed by atoms with Gasteiger partial charge in [0.1, 0.15) is 0 Å². The Kier molecular flexibility index (Phi) is 10.2. The number of guanidine groups is 1. The number of nitrogens with zero attached hydrogens (tertiary/aromatic N) is 3. The molecule has 0 atom stereocenters. The lowest BCUT2D eigenvalue weighted by atomic mass is 9.97. The normalized spacial score (nSPS) is 18.4. The molecule has 0 aliphatic carbocycles. The maximum Gasteiger partial charge on any atom is 0.309 e. The highest BCUT2D eigenvalue weighted by atomic mass is 127. The summed E-state index contributed by atoms with van der Waals surface area (Å²) in [6.07, 6.45) is 4.31. The summed E-state index contributed by atoms with van der Waals surface area (Å²) in [5.41, 5.74) is 2.64. The molecule has 0 saturated carbocycles. The van der Waals surface area contributed by atoms with Gasteiger partial charge in [-0.05, 0) is 56.8 Å². The molecule has 2 aliphatic rings. The van der Waals surface area contributed by atoms with Crippen LogP contribution >= 0.6 is 24.0 Å². The fourth-order valence-corrected chi connectivity index (χ4v) is 4.06. The van der Waals surface area contributed by atoms with E-state index in [0.717, 1.165) is 45.0 Å². The molecule has 1 N–H and O–H groups in total. The third-order valence-electron chi connectivity index (χ3n) is 5.70. The number of carbonyl (C=O) groups is 1. The molecule has 2 heterocycles. The minimum atomic E-state index is -0.0564. The predicted molar refractivity (Wildman–Crippen MR) is 127 cm³/mol. The molecule has 0 spiro atoms. The van der Waals surface area contributed by atoms with E-state index in [0.29, 0.717) is 6.61 Å². The zero-order chi connectivity index (χ0) is 19.8. The van der Waals surface area contributed by atoms with Crippen molar-refractivity contribution in [2.45, 2.75) is 45.7 Å². The second-order valence-corrected chi connectivity index (χ2v) is 7.71. The van der Waals surface area contributed by atoms with Gasteiger partial charge in [-0.3, -0.25) is 14.7 Å². The van der Waals surface area contributed by atoms with Crippen molar-refractivity contribution in [2.75, 3.05) is 39.8 Å². The summed E-state index contributed by atoms with van der Waals surface area (Å²) in [5, 5.41) is 3.47. The largest absolute Gasteiger partial charge is 0.466 e. The molecular formula is C22H35IN4O2. The fourth-order valence-electron chi connectivity index (χ4n) is 4.06. The number of hydrogen-bond acceptors (Lipinski definition) is 4. The van der Waals surface area contributed by atoms with E-state index in [4.69, 9.17) is 4.74 Å². The van der Waals surface area contributed by atoms with Crippen molar-refractivity contribution < 1.29 is 9.53 Å². The van der Waals surface area contributed by atoms with Crippen LogP contribution in [0.15, 0.2) is 29.3 Å². The highest BCUT2D eigenvalue weighted by Crippen LogP contribution is 2.19. The monoisotopic (exact) mass is 514 g/mol. The van der Waals surface area contributed by atoms with Gasteiger partial charge in [0.05, 0.1) is 12.5 Å². The summed E-state index contributed by atoms with van der Waals surface area (Å²) < 4.78 is 5.15. The Balaban J connectivity index is 0.00000300. The molecule has 0 bridgehead atoms. The van der Waals surface area contributed by atoms with E-state index in [1.807, 2.05) is 14.0 Å². The first-order chi connectivity index (χ1) is 13.7. The SMILES string of the molecule is CCOC(=O)C1CCN(C(=NC)NCc2ccc(CN3CCCC3)cc2)CC1.I. The zero-order valence-electron chi connectivity index (χ0n) is 17.7. The fraction of sp³-hybridized carbons (Fsp3) is 0.636. The number of likely N-dealkylation sites (tertiary alicyclic amines) is 2. The molecule has 0 aromatic heterocycles. The van der Waals surface area contributed by atoms with Gasteiger partial charge in [0, 0.05) is 33.2 Å². The maximum atomic E-state index is 11.9. The Hall–Kier alpha value is -1.35. The van der Waals surface area contributed by atoms with E-state index in [-0.39, 0.29) is 35.9 Å². The standard InChI is InChI=1S/C22H34N4O2.HI/c1-3-28-21(27)20-10-14-26(15-11-20)22(23-2)24-16-18-6-8-19(9-7-18)17-25-12-4-5-13-25;/h6-9,20H,3-5,10-17H2,1-2H3,(H,23,24);1H. The van der Waals surface area contributed by atoms with E-state index in [9.17, 15) is 4.79 Å². The highest BCUT2D eigenvalue weighted by Gasteiger charge is 2.27. The van der Waals surface area contributed by atoms with Crippen molar-refractivity contribution in [2.24, 2.45) is 10.9 Å². The number of rotatable bonds is 6. The van der Waals surface area contributed by atoms with Gasteiger partial charge in [-0.1, -0.05) is 24.3 Å². The smallest absolute Gasteiger partial charge is 0.309 e. The van der Waals surface area contributed by atoms with Gasteiger partial charge in [0.15, 0.2) is 5.96 Å². The number of benzene rings is 1. The molecule has 0 amide bonds. The van der Waals surface area contributed by atoms with Crippen molar-refractivity contribution in [1.29, 1.82) is 0 Å². The quantitative estimate of drug-likeness (QED) is 0.274. The van der Waals surface area contributed by atoms with Crippen LogP contribution in [0.4, 0.5) is 0 Å².